The normalized spacial score (nSPS) is 42.5. The van der Waals surface area contributed by atoms with Crippen LogP contribution in [0.25, 0.3) is 0 Å². The smallest absolute Gasteiger partial charge is 0.0546 e. The summed E-state index contributed by atoms with van der Waals surface area (Å²) in [5.74, 6) is 9.82. The summed E-state index contributed by atoms with van der Waals surface area (Å²) in [7, 11) is -1.46. The molecule has 242 valence electrons. The van der Waals surface area contributed by atoms with Crippen molar-refractivity contribution in [1.82, 2.24) is 0 Å². The van der Waals surface area contributed by atoms with E-state index in [4.69, 9.17) is 0 Å². The van der Waals surface area contributed by atoms with Gasteiger partial charge in [0.15, 0.2) is 0 Å². The predicted octanol–water partition coefficient (Wildman–Crippen LogP) is 12.9. The van der Waals surface area contributed by atoms with Gasteiger partial charge in [0, 0.05) is 0 Å². The molecular formula is C42H70Si. The zero-order valence-corrected chi connectivity index (χ0v) is 31.2. The number of hydrogen-bond donors (Lipinski definition) is 0. The number of hydrogen-bond acceptors (Lipinski definition) is 0. The molecule has 5 saturated carbocycles. The van der Waals surface area contributed by atoms with E-state index in [1.165, 1.54) is 63.4 Å². The van der Waals surface area contributed by atoms with Gasteiger partial charge in [-0.15, -0.1) is 0 Å². The second-order valence-corrected chi connectivity index (χ2v) is 24.9. The Morgan fingerprint density at radius 3 is 1.65 bits per heavy atom. The molecule has 0 aromatic heterocycles. The summed E-state index contributed by atoms with van der Waals surface area (Å²) in [5.41, 5.74) is 6.03. The van der Waals surface area contributed by atoms with Gasteiger partial charge in [-0.05, 0) is 144 Å². The third-order valence-corrected chi connectivity index (χ3v) is 20.7. The van der Waals surface area contributed by atoms with Gasteiger partial charge in [-0.1, -0.05) is 118 Å². The summed E-state index contributed by atoms with van der Waals surface area (Å²) >= 11 is 0. The fourth-order valence-electron chi connectivity index (χ4n) is 13.6. The molecule has 0 aliphatic heterocycles. The first kappa shape index (κ1) is 32.4. The Bertz CT molecular complexity index is 1080. The average Bonchev–Trinajstić information content (AvgIpc) is 3.48. The Balaban J connectivity index is 1.19. The molecule has 1 aromatic rings. The third kappa shape index (κ3) is 6.02. The van der Waals surface area contributed by atoms with Gasteiger partial charge in [0.2, 0.25) is 0 Å². The molecule has 1 aromatic carbocycles. The Kier molecular flexibility index (Phi) is 8.97. The van der Waals surface area contributed by atoms with Crippen LogP contribution in [-0.2, 0) is 5.41 Å². The molecule has 0 amide bonds. The van der Waals surface area contributed by atoms with Crippen molar-refractivity contribution in [3.05, 3.63) is 35.4 Å². The van der Waals surface area contributed by atoms with E-state index < -0.39 is 8.07 Å². The monoisotopic (exact) mass is 603 g/mol. The molecule has 1 heteroatoms. The summed E-state index contributed by atoms with van der Waals surface area (Å²) < 4.78 is 0. The van der Waals surface area contributed by atoms with Gasteiger partial charge in [0.1, 0.15) is 0 Å². The molecule has 5 aliphatic carbocycles. The summed E-state index contributed by atoms with van der Waals surface area (Å²) in [6, 6.07) is 10.00. The van der Waals surface area contributed by atoms with Crippen molar-refractivity contribution >= 4 is 8.07 Å². The first-order chi connectivity index (χ1) is 20.2. The summed E-state index contributed by atoms with van der Waals surface area (Å²) in [6.45, 7) is 25.9. The fraction of sp³-hybridized carbons (Fsp3) is 0.857. The summed E-state index contributed by atoms with van der Waals surface area (Å²) in [6.07, 6.45) is 18.3. The highest BCUT2D eigenvalue weighted by Gasteiger charge is 2.60. The van der Waals surface area contributed by atoms with Crippen LogP contribution in [0.15, 0.2) is 24.3 Å². The van der Waals surface area contributed by atoms with Crippen molar-refractivity contribution in [3.8, 4) is 0 Å². The Labute approximate surface area is 269 Å². The Hall–Kier alpha value is -0.563. The molecule has 43 heavy (non-hydrogen) atoms. The maximum Gasteiger partial charge on any atom is 0.0546 e. The molecule has 5 fully saturated rings. The van der Waals surface area contributed by atoms with E-state index in [1.54, 1.807) is 24.8 Å². The highest BCUT2D eigenvalue weighted by molar-refractivity contribution is 6.80. The summed E-state index contributed by atoms with van der Waals surface area (Å²) in [4.78, 5) is 0. The van der Waals surface area contributed by atoms with E-state index >= 15 is 0 Å². The SMILES string of the molecule is CC1CC2C(c3ccc(C(C)(C)C)cc3)CCCC2C1[Si](C)(C)C1C(C)CC2C(C3CCC(C(C)(C)C)CC3)CCCC21. The lowest BCUT2D eigenvalue weighted by Crippen LogP contribution is -2.47. The standard InChI is InChI=1S/C42H70Si/c1-27-25-37-33(29-17-21-31(22-18-29)41(3,4)5)13-11-15-35(37)39(27)43(9,10)40-28(2)26-38-34(14-12-16-36(38)40)30-19-23-32(24-20-30)42(6,7)8/h17-18,21-22,27-28,30,32-40H,11-16,19-20,23-26H2,1-10H3. The Morgan fingerprint density at radius 2 is 1.09 bits per heavy atom. The van der Waals surface area contributed by atoms with Gasteiger partial charge in [-0.25, -0.2) is 0 Å². The molecule has 0 spiro atoms. The molecule has 6 rings (SSSR count). The largest absolute Gasteiger partial charge is 0.0689 e. The lowest BCUT2D eigenvalue weighted by atomic mass is 9.61. The van der Waals surface area contributed by atoms with Crippen LogP contribution in [0.5, 0.6) is 0 Å². The van der Waals surface area contributed by atoms with Gasteiger partial charge in [-0.3, -0.25) is 0 Å². The number of fused-ring (bicyclic) bond motifs is 2. The second-order valence-electron chi connectivity index (χ2n) is 19.9. The van der Waals surface area contributed by atoms with E-state index in [0.29, 0.717) is 5.41 Å². The van der Waals surface area contributed by atoms with Crippen LogP contribution in [0.1, 0.15) is 149 Å². The quantitative estimate of drug-likeness (QED) is 0.301. The zero-order valence-electron chi connectivity index (χ0n) is 30.2. The van der Waals surface area contributed by atoms with Crippen LogP contribution in [0, 0.1) is 58.7 Å². The predicted molar refractivity (Wildman–Crippen MR) is 190 cm³/mol. The van der Waals surface area contributed by atoms with Crippen LogP contribution in [0.4, 0.5) is 0 Å². The van der Waals surface area contributed by atoms with Crippen molar-refractivity contribution in [2.75, 3.05) is 0 Å². The molecule has 0 heterocycles. The first-order valence-electron chi connectivity index (χ1n) is 19.3. The number of rotatable bonds is 4. The molecule has 0 N–H and O–H groups in total. The van der Waals surface area contributed by atoms with E-state index in [2.05, 4.69) is 92.7 Å². The molecule has 5 aliphatic rings. The van der Waals surface area contributed by atoms with Crippen molar-refractivity contribution < 1.29 is 0 Å². The lowest BCUT2D eigenvalue weighted by molar-refractivity contribution is 0.0637. The van der Waals surface area contributed by atoms with E-state index in [1.807, 2.05) is 0 Å². The van der Waals surface area contributed by atoms with Crippen molar-refractivity contribution in [1.29, 1.82) is 0 Å². The van der Waals surface area contributed by atoms with E-state index in [0.717, 1.165) is 70.3 Å². The van der Waals surface area contributed by atoms with Gasteiger partial charge in [0.05, 0.1) is 8.07 Å². The van der Waals surface area contributed by atoms with Crippen LogP contribution in [0.2, 0.25) is 24.2 Å². The van der Waals surface area contributed by atoms with E-state index in [-0.39, 0.29) is 5.41 Å². The van der Waals surface area contributed by atoms with E-state index in [9.17, 15) is 0 Å². The highest BCUT2D eigenvalue weighted by Crippen LogP contribution is 2.67. The minimum absolute atomic E-state index is 0.246. The van der Waals surface area contributed by atoms with Gasteiger partial charge in [0.25, 0.3) is 0 Å². The molecule has 10 atom stereocenters. The minimum Gasteiger partial charge on any atom is -0.0689 e. The molecule has 10 unspecified atom stereocenters. The molecule has 0 bridgehead atoms. The van der Waals surface area contributed by atoms with Gasteiger partial charge >= 0.3 is 0 Å². The first-order valence-corrected chi connectivity index (χ1v) is 22.4. The van der Waals surface area contributed by atoms with Crippen LogP contribution < -0.4 is 0 Å². The van der Waals surface area contributed by atoms with Gasteiger partial charge < -0.3 is 0 Å². The number of benzene rings is 1. The average molecular weight is 603 g/mol. The molecule has 0 saturated heterocycles. The second kappa shape index (κ2) is 11.9. The van der Waals surface area contributed by atoms with Gasteiger partial charge in [-0.2, -0.15) is 0 Å². The zero-order chi connectivity index (χ0) is 30.9. The van der Waals surface area contributed by atoms with Crippen molar-refractivity contribution in [3.63, 3.8) is 0 Å². The maximum atomic E-state index is 2.93. The van der Waals surface area contributed by atoms with Crippen LogP contribution in [-0.4, -0.2) is 8.07 Å². The lowest BCUT2D eigenvalue weighted by Gasteiger charge is -2.50. The van der Waals surface area contributed by atoms with Crippen LogP contribution in [0.3, 0.4) is 0 Å². The van der Waals surface area contributed by atoms with Crippen molar-refractivity contribution in [2.24, 2.45) is 58.7 Å². The topological polar surface area (TPSA) is 0 Å². The third-order valence-electron chi connectivity index (χ3n) is 15.3. The minimum atomic E-state index is -1.46. The Morgan fingerprint density at radius 1 is 0.581 bits per heavy atom. The molecule has 0 nitrogen and oxygen atoms in total. The molecule has 0 radical (unpaired) electrons. The summed E-state index contributed by atoms with van der Waals surface area (Å²) in [5, 5.41) is 0. The fourth-order valence-corrected chi connectivity index (χ4v) is 20.3. The van der Waals surface area contributed by atoms with Crippen molar-refractivity contribution in [2.45, 2.75) is 168 Å². The van der Waals surface area contributed by atoms with Crippen LogP contribution >= 0.6 is 0 Å². The highest BCUT2D eigenvalue weighted by atomic mass is 28.3. The molecular weight excluding hydrogens is 533 g/mol. The maximum absolute atomic E-state index is 2.93.